The summed E-state index contributed by atoms with van der Waals surface area (Å²) >= 11 is 1.31. The topological polar surface area (TPSA) is 81.3 Å². The number of fused-ring (bicyclic) bond motifs is 3. The Labute approximate surface area is 190 Å². The largest absolute Gasteiger partial charge is 0.325 e. The van der Waals surface area contributed by atoms with Gasteiger partial charge in [0.05, 0.1) is 16.7 Å². The van der Waals surface area contributed by atoms with E-state index in [2.05, 4.69) is 22.4 Å². The highest BCUT2D eigenvalue weighted by Gasteiger charge is 2.17. The average Bonchev–Trinajstić information content (AvgIpc) is 3.21. The van der Waals surface area contributed by atoms with Gasteiger partial charge in [0, 0.05) is 12.2 Å². The average molecular weight is 450 g/mol. The summed E-state index contributed by atoms with van der Waals surface area (Å²) in [5.74, 6) is 0.598. The number of carbonyl (C=O) groups excluding carboxylic acids is 1. The van der Waals surface area contributed by atoms with Crippen molar-refractivity contribution in [3.63, 3.8) is 0 Å². The van der Waals surface area contributed by atoms with E-state index in [4.69, 9.17) is 0 Å². The van der Waals surface area contributed by atoms with Gasteiger partial charge in [-0.25, -0.2) is 0 Å². The van der Waals surface area contributed by atoms with Gasteiger partial charge < -0.3 is 5.32 Å². The third-order valence-corrected chi connectivity index (χ3v) is 6.39. The Morgan fingerprint density at radius 3 is 2.72 bits per heavy atom. The van der Waals surface area contributed by atoms with Gasteiger partial charge in [0.15, 0.2) is 5.16 Å². The van der Waals surface area contributed by atoms with Gasteiger partial charge in [0.1, 0.15) is 0 Å². The zero-order chi connectivity index (χ0) is 22.7. The van der Waals surface area contributed by atoms with Gasteiger partial charge in [-0.05, 0) is 49.6 Å². The number of aryl methyl sites for hydroxylation is 3. The summed E-state index contributed by atoms with van der Waals surface area (Å²) in [6.45, 7) is 6.69. The number of hydrogen-bond acceptors (Lipinski definition) is 5. The van der Waals surface area contributed by atoms with Crippen LogP contribution in [0.5, 0.6) is 0 Å². The van der Waals surface area contributed by atoms with Crippen molar-refractivity contribution in [2.24, 2.45) is 0 Å². The molecule has 0 radical (unpaired) electrons. The van der Waals surface area contributed by atoms with Crippen molar-refractivity contribution in [1.29, 1.82) is 0 Å². The van der Waals surface area contributed by atoms with E-state index >= 15 is 0 Å². The minimum Gasteiger partial charge on any atom is -0.325 e. The number of nitrogens with one attached hydrogen (secondary N) is 1. The highest BCUT2D eigenvalue weighted by Crippen LogP contribution is 2.23. The predicted octanol–water partition coefficient (Wildman–Crippen LogP) is 4.58. The molecule has 0 saturated carbocycles. The fourth-order valence-corrected chi connectivity index (χ4v) is 4.48. The van der Waals surface area contributed by atoms with Crippen molar-refractivity contribution in [1.82, 2.24) is 19.2 Å². The van der Waals surface area contributed by atoms with Crippen LogP contribution in [0.3, 0.4) is 0 Å². The van der Waals surface area contributed by atoms with Crippen molar-refractivity contribution in [3.8, 4) is 0 Å². The van der Waals surface area contributed by atoms with E-state index in [1.54, 1.807) is 4.57 Å². The summed E-state index contributed by atoms with van der Waals surface area (Å²) in [6.07, 6.45) is 3.01. The molecule has 0 saturated heterocycles. The highest BCUT2D eigenvalue weighted by molar-refractivity contribution is 7.99. The molecule has 0 aliphatic rings. The SMILES string of the molecule is CCCCCn1c(=O)c2ccccc2n2c(SCC(=O)Nc3cc(C)ccc3C)nnc12. The van der Waals surface area contributed by atoms with E-state index in [1.165, 1.54) is 11.8 Å². The lowest BCUT2D eigenvalue weighted by atomic mass is 10.1. The number of benzene rings is 2. The first-order valence-electron chi connectivity index (χ1n) is 10.9. The van der Waals surface area contributed by atoms with Crippen LogP contribution in [0.2, 0.25) is 0 Å². The first-order valence-corrected chi connectivity index (χ1v) is 11.8. The van der Waals surface area contributed by atoms with Crippen LogP contribution in [-0.4, -0.2) is 30.8 Å². The lowest BCUT2D eigenvalue weighted by Crippen LogP contribution is -2.23. The molecule has 4 aromatic rings. The minimum absolute atomic E-state index is 0.0548. The van der Waals surface area contributed by atoms with Crippen LogP contribution < -0.4 is 10.9 Å². The van der Waals surface area contributed by atoms with Crippen LogP contribution in [0.1, 0.15) is 37.3 Å². The Morgan fingerprint density at radius 1 is 1.09 bits per heavy atom. The standard InChI is InChI=1S/C24H27N5O2S/c1-4-5-8-13-28-22(31)18-9-6-7-10-20(18)29-23(28)26-27-24(29)32-15-21(30)25-19-14-16(2)11-12-17(19)3/h6-7,9-12,14H,4-5,8,13,15H2,1-3H3,(H,25,30). The van der Waals surface area contributed by atoms with Crippen LogP contribution >= 0.6 is 11.8 Å². The van der Waals surface area contributed by atoms with Crippen molar-refractivity contribution in [2.75, 3.05) is 11.1 Å². The number of unbranched alkanes of at least 4 members (excludes halogenated alkanes) is 2. The number of thioether (sulfide) groups is 1. The van der Waals surface area contributed by atoms with E-state index in [9.17, 15) is 9.59 Å². The molecule has 32 heavy (non-hydrogen) atoms. The molecule has 0 bridgehead atoms. The van der Waals surface area contributed by atoms with Gasteiger partial charge in [-0.1, -0.05) is 55.8 Å². The Morgan fingerprint density at radius 2 is 1.91 bits per heavy atom. The van der Waals surface area contributed by atoms with Crippen molar-refractivity contribution >= 4 is 40.0 Å². The molecule has 0 unspecified atom stereocenters. The number of anilines is 1. The second-order valence-corrected chi connectivity index (χ2v) is 8.90. The number of para-hydroxylation sites is 1. The zero-order valence-electron chi connectivity index (χ0n) is 18.6. The lowest BCUT2D eigenvalue weighted by molar-refractivity contribution is -0.113. The van der Waals surface area contributed by atoms with E-state index in [0.717, 1.165) is 41.6 Å². The summed E-state index contributed by atoms with van der Waals surface area (Å²) in [6, 6.07) is 13.5. The van der Waals surface area contributed by atoms with Crippen LogP contribution in [0, 0.1) is 13.8 Å². The molecule has 4 rings (SSSR count). The molecule has 0 aliphatic carbocycles. The van der Waals surface area contributed by atoms with E-state index < -0.39 is 0 Å². The number of hydrogen-bond donors (Lipinski definition) is 1. The number of nitrogens with zero attached hydrogens (tertiary/aromatic N) is 4. The second-order valence-electron chi connectivity index (χ2n) is 7.95. The van der Waals surface area contributed by atoms with E-state index in [1.807, 2.05) is 60.7 Å². The first-order chi connectivity index (χ1) is 15.5. The fourth-order valence-electron chi connectivity index (χ4n) is 3.74. The van der Waals surface area contributed by atoms with Crippen molar-refractivity contribution in [3.05, 3.63) is 63.9 Å². The molecule has 2 heterocycles. The maximum absolute atomic E-state index is 13.1. The number of aromatic nitrogens is 4. The van der Waals surface area contributed by atoms with Crippen LogP contribution in [-0.2, 0) is 11.3 Å². The van der Waals surface area contributed by atoms with Gasteiger partial charge in [-0.3, -0.25) is 18.6 Å². The fraction of sp³-hybridized carbons (Fsp3) is 0.333. The maximum Gasteiger partial charge on any atom is 0.262 e. The summed E-state index contributed by atoms with van der Waals surface area (Å²) in [7, 11) is 0. The molecule has 0 fully saturated rings. The van der Waals surface area contributed by atoms with Crippen LogP contribution in [0.25, 0.3) is 16.7 Å². The maximum atomic E-state index is 13.1. The Bertz CT molecular complexity index is 1340. The van der Waals surface area contributed by atoms with Gasteiger partial charge in [-0.2, -0.15) is 0 Å². The summed E-state index contributed by atoms with van der Waals surface area (Å²) < 4.78 is 3.59. The minimum atomic E-state index is -0.110. The molecule has 0 aliphatic heterocycles. The summed E-state index contributed by atoms with van der Waals surface area (Å²) in [4.78, 5) is 25.7. The molecule has 7 nitrogen and oxygen atoms in total. The monoisotopic (exact) mass is 449 g/mol. The van der Waals surface area contributed by atoms with Crippen molar-refractivity contribution in [2.45, 2.75) is 51.7 Å². The third-order valence-electron chi connectivity index (χ3n) is 5.46. The number of rotatable bonds is 8. The molecular formula is C24H27N5O2S. The van der Waals surface area contributed by atoms with Gasteiger partial charge in [-0.15, -0.1) is 10.2 Å². The molecular weight excluding hydrogens is 422 g/mol. The zero-order valence-corrected chi connectivity index (χ0v) is 19.4. The summed E-state index contributed by atoms with van der Waals surface area (Å²) in [5.41, 5.74) is 3.62. The molecule has 2 aromatic heterocycles. The van der Waals surface area contributed by atoms with Gasteiger partial charge >= 0.3 is 0 Å². The number of amides is 1. The first kappa shape index (κ1) is 22.1. The highest BCUT2D eigenvalue weighted by atomic mass is 32.2. The van der Waals surface area contributed by atoms with E-state index in [0.29, 0.717) is 22.9 Å². The normalized spacial score (nSPS) is 11.3. The third kappa shape index (κ3) is 4.41. The van der Waals surface area contributed by atoms with Crippen LogP contribution in [0.15, 0.2) is 52.4 Å². The molecule has 0 spiro atoms. The molecule has 2 aromatic carbocycles. The molecule has 8 heteroatoms. The second kappa shape index (κ2) is 9.56. The quantitative estimate of drug-likeness (QED) is 0.314. The van der Waals surface area contributed by atoms with E-state index in [-0.39, 0.29) is 17.2 Å². The van der Waals surface area contributed by atoms with Crippen LogP contribution in [0.4, 0.5) is 5.69 Å². The summed E-state index contributed by atoms with van der Waals surface area (Å²) in [5, 5.41) is 12.8. The Hall–Kier alpha value is -3.13. The molecule has 1 N–H and O–H groups in total. The molecule has 1 amide bonds. The predicted molar refractivity (Wildman–Crippen MR) is 130 cm³/mol. The lowest BCUT2D eigenvalue weighted by Gasteiger charge is -2.11. The molecule has 0 atom stereocenters. The smallest absolute Gasteiger partial charge is 0.262 e. The van der Waals surface area contributed by atoms with Gasteiger partial charge in [0.25, 0.3) is 5.56 Å². The Balaban J connectivity index is 1.64. The van der Waals surface area contributed by atoms with Gasteiger partial charge in [0.2, 0.25) is 11.7 Å². The Kier molecular flexibility index (Phi) is 6.60. The number of carbonyl (C=O) groups is 1. The molecule has 166 valence electrons. The van der Waals surface area contributed by atoms with Crippen molar-refractivity contribution < 1.29 is 4.79 Å².